The Morgan fingerprint density at radius 1 is 0.814 bits per heavy atom. The Morgan fingerprint density at radius 2 is 1.40 bits per heavy atom. The number of likely N-dealkylation sites (tertiary alicyclic amines) is 2. The number of sulfone groups is 1. The van der Waals surface area contributed by atoms with Gasteiger partial charge in [-0.3, -0.25) is 4.79 Å². The zero-order valence-corrected chi connectivity index (χ0v) is 27.4. The van der Waals surface area contributed by atoms with Crippen LogP contribution >= 0.6 is 23.5 Å². The van der Waals surface area contributed by atoms with Crippen LogP contribution in [-0.2, 0) is 13.9 Å². The first-order chi connectivity index (χ1) is 20.8. The van der Waals surface area contributed by atoms with Crippen molar-refractivity contribution in [2.24, 2.45) is 5.92 Å². The van der Waals surface area contributed by atoms with E-state index in [0.29, 0.717) is 22.6 Å². The molecule has 1 amide bonds. The smallest absolute Gasteiger partial charge is 0.254 e. The summed E-state index contributed by atoms with van der Waals surface area (Å²) >= 11 is 4.08. The maximum Gasteiger partial charge on any atom is 0.254 e. The van der Waals surface area contributed by atoms with Crippen LogP contribution in [0, 0.1) is 12.8 Å². The van der Waals surface area contributed by atoms with Crippen molar-refractivity contribution in [1.29, 1.82) is 0 Å². The third kappa shape index (κ3) is 6.10. The van der Waals surface area contributed by atoms with Gasteiger partial charge in [0.25, 0.3) is 5.91 Å². The molecule has 0 spiro atoms. The van der Waals surface area contributed by atoms with Crippen LogP contribution in [0.25, 0.3) is 0 Å². The van der Waals surface area contributed by atoms with Gasteiger partial charge >= 0.3 is 0 Å². The third-order valence-electron chi connectivity index (χ3n) is 9.36. The molecular weight excluding hydrogens is 597 g/mol. The lowest BCUT2D eigenvalue weighted by molar-refractivity contribution is 0.0545. The molecule has 0 saturated carbocycles. The molecule has 3 fully saturated rings. The Bertz CT molecular complexity index is 1520. The van der Waals surface area contributed by atoms with E-state index in [-0.39, 0.29) is 14.9 Å². The van der Waals surface area contributed by atoms with E-state index in [2.05, 4.69) is 17.0 Å². The lowest BCUT2D eigenvalue weighted by atomic mass is 9.87. The fourth-order valence-electron chi connectivity index (χ4n) is 6.89. The second-order valence-corrected chi connectivity index (χ2v) is 16.6. The summed E-state index contributed by atoms with van der Waals surface area (Å²) in [6.45, 7) is 5.80. The number of carbonyl (C=O) groups is 1. The summed E-state index contributed by atoms with van der Waals surface area (Å²) in [6.07, 6.45) is 4.32. The minimum Gasteiger partial charge on any atom is -0.497 e. The number of hydrogen-bond acceptors (Lipinski definition) is 7. The number of methoxy groups -OCH3 is 1. The molecule has 0 atom stereocenters. The second kappa shape index (κ2) is 12.9. The van der Waals surface area contributed by atoms with Crippen molar-refractivity contribution in [3.05, 3.63) is 89.5 Å². The number of nitrogens with zero attached hydrogens (tertiary/aromatic N) is 2. The topological polar surface area (TPSA) is 66.9 Å². The Hall–Kier alpha value is -2.46. The van der Waals surface area contributed by atoms with Gasteiger partial charge in [-0.2, -0.15) is 0 Å². The van der Waals surface area contributed by atoms with Crippen LogP contribution in [0.1, 0.15) is 47.2 Å². The Morgan fingerprint density at radius 3 is 1.98 bits per heavy atom. The molecule has 6 rings (SSSR count). The fourth-order valence-corrected chi connectivity index (χ4v) is 11.8. The van der Waals surface area contributed by atoms with Gasteiger partial charge in [0.2, 0.25) is 9.84 Å². The quantitative estimate of drug-likeness (QED) is 0.294. The Balaban J connectivity index is 1.09. The van der Waals surface area contributed by atoms with Crippen LogP contribution in [0.4, 0.5) is 0 Å². The summed E-state index contributed by atoms with van der Waals surface area (Å²) in [6, 6.07) is 22.7. The highest BCUT2D eigenvalue weighted by Gasteiger charge is 2.46. The Kier molecular flexibility index (Phi) is 9.15. The minimum absolute atomic E-state index is 0.0299. The van der Waals surface area contributed by atoms with Crippen molar-refractivity contribution < 1.29 is 17.9 Å². The lowest BCUT2D eigenvalue weighted by Crippen LogP contribution is -2.50. The van der Waals surface area contributed by atoms with E-state index in [0.717, 1.165) is 74.5 Å². The molecule has 3 aromatic carbocycles. The van der Waals surface area contributed by atoms with Crippen molar-refractivity contribution in [2.45, 2.75) is 52.5 Å². The van der Waals surface area contributed by atoms with E-state index in [1.165, 1.54) is 5.56 Å². The van der Waals surface area contributed by atoms with Gasteiger partial charge in [0.05, 0.1) is 21.0 Å². The highest BCUT2D eigenvalue weighted by molar-refractivity contribution is 8.20. The Labute approximate surface area is 264 Å². The molecule has 3 aromatic rings. The predicted molar refractivity (Wildman–Crippen MR) is 176 cm³/mol. The third-order valence-corrected chi connectivity index (χ3v) is 14.9. The van der Waals surface area contributed by atoms with E-state index in [4.69, 9.17) is 4.74 Å². The summed E-state index contributed by atoms with van der Waals surface area (Å²) in [4.78, 5) is 18.4. The summed E-state index contributed by atoms with van der Waals surface area (Å²) in [7, 11) is -2.03. The molecule has 228 valence electrons. The van der Waals surface area contributed by atoms with Crippen LogP contribution in [0.3, 0.4) is 0 Å². The SMILES string of the molecule is COc1ccc(S(=O)(=O)c2ccc(C3(C4CCN(C5CCN(C(=O)c6ccccc6C)CC5)CC4)SCCS3)cc2)cc1. The van der Waals surface area contributed by atoms with Gasteiger partial charge in [-0.25, -0.2) is 8.42 Å². The van der Waals surface area contributed by atoms with Gasteiger partial charge < -0.3 is 14.5 Å². The molecule has 0 radical (unpaired) electrons. The number of aryl methyl sites for hydroxylation is 1. The molecule has 6 nitrogen and oxygen atoms in total. The molecule has 0 aromatic heterocycles. The average Bonchev–Trinajstić information content (AvgIpc) is 3.56. The number of benzene rings is 3. The predicted octanol–water partition coefficient (Wildman–Crippen LogP) is 6.49. The zero-order chi connectivity index (χ0) is 30.0. The number of amides is 1. The van der Waals surface area contributed by atoms with Crippen LogP contribution in [0.2, 0.25) is 0 Å². The molecule has 3 aliphatic rings. The van der Waals surface area contributed by atoms with Crippen LogP contribution in [0.15, 0.2) is 82.6 Å². The molecule has 43 heavy (non-hydrogen) atoms. The largest absolute Gasteiger partial charge is 0.497 e. The molecule has 0 bridgehead atoms. The standard InChI is InChI=1S/C34H40N2O4S3/c1-25-5-3-4-6-32(25)33(37)36-21-17-28(18-22-36)35-19-15-27(16-20-35)34(41-23-24-42-34)26-7-11-30(12-8-26)43(38,39)31-13-9-29(40-2)10-14-31/h3-14,27-28H,15-24H2,1-2H3. The first kappa shape index (κ1) is 30.6. The van der Waals surface area contributed by atoms with Crippen LogP contribution in [0.5, 0.6) is 5.75 Å². The van der Waals surface area contributed by atoms with Crippen molar-refractivity contribution in [1.82, 2.24) is 9.80 Å². The number of rotatable bonds is 7. The number of piperidine rings is 2. The highest BCUT2D eigenvalue weighted by Crippen LogP contribution is 2.59. The molecular formula is C34H40N2O4S3. The second-order valence-electron chi connectivity index (χ2n) is 11.7. The molecule has 9 heteroatoms. The maximum atomic E-state index is 13.3. The average molecular weight is 637 g/mol. The molecule has 0 N–H and O–H groups in total. The molecule has 0 unspecified atom stereocenters. The van der Waals surface area contributed by atoms with Crippen molar-refractivity contribution in [2.75, 3.05) is 44.8 Å². The zero-order valence-electron chi connectivity index (χ0n) is 24.9. The minimum atomic E-state index is -3.60. The van der Waals surface area contributed by atoms with Gasteiger partial charge in [0.15, 0.2) is 0 Å². The van der Waals surface area contributed by atoms with E-state index in [9.17, 15) is 13.2 Å². The first-order valence-corrected chi connectivity index (χ1v) is 18.6. The van der Waals surface area contributed by atoms with Crippen molar-refractivity contribution in [3.63, 3.8) is 0 Å². The van der Waals surface area contributed by atoms with Crippen molar-refractivity contribution >= 4 is 39.3 Å². The summed E-state index contributed by atoms with van der Waals surface area (Å²) in [5, 5.41) is 0. The van der Waals surface area contributed by atoms with Gasteiger partial charge in [-0.15, -0.1) is 23.5 Å². The van der Waals surface area contributed by atoms with Crippen molar-refractivity contribution in [3.8, 4) is 5.75 Å². The van der Waals surface area contributed by atoms with E-state index in [1.54, 1.807) is 43.5 Å². The lowest BCUT2D eigenvalue weighted by Gasteiger charge is -2.45. The van der Waals surface area contributed by atoms with E-state index < -0.39 is 9.84 Å². The number of hydrogen-bond donors (Lipinski definition) is 0. The monoisotopic (exact) mass is 636 g/mol. The summed E-state index contributed by atoms with van der Waals surface area (Å²) in [5.41, 5.74) is 3.10. The van der Waals surface area contributed by atoms with Crippen LogP contribution in [-0.4, -0.2) is 75.0 Å². The van der Waals surface area contributed by atoms with Gasteiger partial charge in [0, 0.05) is 36.2 Å². The number of thioether (sulfide) groups is 2. The molecule has 3 heterocycles. The summed E-state index contributed by atoms with van der Waals surface area (Å²) < 4.78 is 31.8. The van der Waals surface area contributed by atoms with E-state index in [1.807, 2.05) is 59.6 Å². The summed E-state index contributed by atoms with van der Waals surface area (Å²) in [5.74, 6) is 3.56. The number of carbonyl (C=O) groups excluding carboxylic acids is 1. The number of ether oxygens (including phenoxy) is 1. The molecule has 3 aliphatic heterocycles. The molecule has 0 aliphatic carbocycles. The van der Waals surface area contributed by atoms with Gasteiger partial charge in [-0.05, 0) is 105 Å². The highest BCUT2D eigenvalue weighted by atomic mass is 32.2. The van der Waals surface area contributed by atoms with Gasteiger partial charge in [0.1, 0.15) is 5.75 Å². The van der Waals surface area contributed by atoms with Gasteiger partial charge in [-0.1, -0.05) is 30.3 Å². The maximum absolute atomic E-state index is 13.3. The van der Waals surface area contributed by atoms with E-state index >= 15 is 0 Å². The first-order valence-electron chi connectivity index (χ1n) is 15.2. The fraction of sp³-hybridized carbons (Fsp3) is 0.441. The normalized spacial score (nSPS) is 20.3. The van der Waals surface area contributed by atoms with Crippen LogP contribution < -0.4 is 4.74 Å². The molecule has 3 saturated heterocycles.